The molecule has 6 rings (SSSR count). The lowest BCUT2D eigenvalue weighted by Gasteiger charge is -2.28. The molecule has 0 saturated heterocycles. The summed E-state index contributed by atoms with van der Waals surface area (Å²) in [4.78, 5) is 28.5. The van der Waals surface area contributed by atoms with Gasteiger partial charge in [-0.05, 0) is 67.8 Å². The minimum atomic E-state index is -0.402. The lowest BCUT2D eigenvalue weighted by molar-refractivity contribution is -0.123. The summed E-state index contributed by atoms with van der Waals surface area (Å²) in [6.07, 6.45) is 1.74. The Labute approximate surface area is 224 Å². The van der Waals surface area contributed by atoms with Crippen molar-refractivity contribution in [3.63, 3.8) is 0 Å². The molecule has 190 valence electrons. The third-order valence-electron chi connectivity index (χ3n) is 6.86. The van der Waals surface area contributed by atoms with Crippen molar-refractivity contribution in [3.8, 4) is 17.2 Å². The third kappa shape index (κ3) is 3.96. The van der Waals surface area contributed by atoms with E-state index in [4.69, 9.17) is 21.1 Å². The van der Waals surface area contributed by atoms with Crippen molar-refractivity contribution in [1.29, 1.82) is 0 Å². The Bertz CT molecular complexity index is 1670. The van der Waals surface area contributed by atoms with E-state index >= 15 is 0 Å². The molecule has 0 N–H and O–H groups in total. The molecule has 7 nitrogen and oxygen atoms in total. The molecule has 3 aromatic carbocycles. The number of amides is 2. The highest BCUT2D eigenvalue weighted by atomic mass is 35.5. The summed E-state index contributed by atoms with van der Waals surface area (Å²) >= 11 is 6.86. The van der Waals surface area contributed by atoms with Crippen LogP contribution in [0.4, 0.5) is 0 Å². The molecule has 2 aliphatic rings. The van der Waals surface area contributed by atoms with Crippen molar-refractivity contribution in [3.05, 3.63) is 105 Å². The SMILES string of the molecule is Cc1ccc(-n2nc(C)c(C=C3C(=O)N(Cc4ccc5c(c4)OCO5)C(=O)c4ccccc43)c2Cl)c(C)c1. The van der Waals surface area contributed by atoms with Gasteiger partial charge in [0.05, 0.1) is 17.9 Å². The van der Waals surface area contributed by atoms with E-state index in [1.807, 2.05) is 45.0 Å². The lowest BCUT2D eigenvalue weighted by Crippen LogP contribution is -2.41. The van der Waals surface area contributed by atoms with E-state index in [1.54, 1.807) is 41.1 Å². The molecular weight excluding hydrogens is 502 g/mol. The number of benzene rings is 3. The number of nitrogens with zero attached hydrogens (tertiary/aromatic N) is 3. The molecule has 0 atom stereocenters. The number of carbonyl (C=O) groups is 2. The second kappa shape index (κ2) is 9.19. The minimum absolute atomic E-state index is 0.0918. The van der Waals surface area contributed by atoms with E-state index in [2.05, 4.69) is 11.2 Å². The number of fused-ring (bicyclic) bond motifs is 2. The van der Waals surface area contributed by atoms with Crippen LogP contribution in [0.1, 0.15) is 43.9 Å². The minimum Gasteiger partial charge on any atom is -0.454 e. The van der Waals surface area contributed by atoms with Crippen LogP contribution >= 0.6 is 11.6 Å². The van der Waals surface area contributed by atoms with E-state index < -0.39 is 5.91 Å². The maximum Gasteiger partial charge on any atom is 0.261 e. The third-order valence-corrected chi connectivity index (χ3v) is 7.23. The van der Waals surface area contributed by atoms with Crippen LogP contribution in [0.15, 0.2) is 60.7 Å². The van der Waals surface area contributed by atoms with Crippen molar-refractivity contribution in [2.75, 3.05) is 6.79 Å². The largest absolute Gasteiger partial charge is 0.454 e. The molecule has 38 heavy (non-hydrogen) atoms. The van der Waals surface area contributed by atoms with Crippen molar-refractivity contribution in [1.82, 2.24) is 14.7 Å². The predicted molar refractivity (Wildman–Crippen MR) is 145 cm³/mol. The molecule has 4 aromatic rings. The Morgan fingerprint density at radius 3 is 2.47 bits per heavy atom. The summed E-state index contributed by atoms with van der Waals surface area (Å²) in [6.45, 7) is 6.14. The first-order valence-electron chi connectivity index (χ1n) is 12.2. The Balaban J connectivity index is 1.43. The summed E-state index contributed by atoms with van der Waals surface area (Å²) in [6, 6.07) is 18.6. The molecule has 0 radical (unpaired) electrons. The van der Waals surface area contributed by atoms with Crippen LogP contribution in [0.2, 0.25) is 5.15 Å². The molecule has 2 amide bonds. The van der Waals surface area contributed by atoms with Gasteiger partial charge in [-0.2, -0.15) is 5.10 Å². The highest BCUT2D eigenvalue weighted by Crippen LogP contribution is 2.36. The molecule has 0 bridgehead atoms. The number of aromatic nitrogens is 2. The van der Waals surface area contributed by atoms with Gasteiger partial charge >= 0.3 is 0 Å². The lowest BCUT2D eigenvalue weighted by atomic mass is 9.92. The smallest absolute Gasteiger partial charge is 0.261 e. The topological polar surface area (TPSA) is 73.7 Å². The maximum absolute atomic E-state index is 13.8. The number of carbonyl (C=O) groups excluding carboxylic acids is 2. The van der Waals surface area contributed by atoms with Gasteiger partial charge in [-0.15, -0.1) is 0 Å². The van der Waals surface area contributed by atoms with E-state index in [-0.39, 0.29) is 19.2 Å². The second-order valence-electron chi connectivity index (χ2n) is 9.48. The summed E-state index contributed by atoms with van der Waals surface area (Å²) in [5.41, 5.74) is 6.50. The average Bonchev–Trinajstić information content (AvgIpc) is 3.48. The fourth-order valence-electron chi connectivity index (χ4n) is 4.93. The number of ether oxygens (including phenoxy) is 2. The van der Waals surface area contributed by atoms with Crippen molar-refractivity contribution < 1.29 is 19.1 Å². The van der Waals surface area contributed by atoms with Gasteiger partial charge in [0, 0.05) is 16.7 Å². The number of imide groups is 1. The Morgan fingerprint density at radius 1 is 0.921 bits per heavy atom. The molecule has 1 aromatic heterocycles. The van der Waals surface area contributed by atoms with Gasteiger partial charge in [0.2, 0.25) is 6.79 Å². The fourth-order valence-corrected chi connectivity index (χ4v) is 5.25. The van der Waals surface area contributed by atoms with Gasteiger partial charge in [0.25, 0.3) is 11.8 Å². The van der Waals surface area contributed by atoms with E-state index in [0.29, 0.717) is 44.6 Å². The normalized spacial score (nSPS) is 15.4. The average molecular weight is 526 g/mol. The molecule has 0 spiro atoms. The molecule has 0 aliphatic carbocycles. The number of rotatable bonds is 4. The van der Waals surface area contributed by atoms with Gasteiger partial charge in [0.1, 0.15) is 5.15 Å². The van der Waals surface area contributed by atoms with Crippen LogP contribution in [0.3, 0.4) is 0 Å². The molecule has 3 heterocycles. The zero-order chi connectivity index (χ0) is 26.6. The molecule has 2 aliphatic heterocycles. The number of aryl methyl sites for hydroxylation is 3. The van der Waals surface area contributed by atoms with Crippen LogP contribution < -0.4 is 9.47 Å². The van der Waals surface area contributed by atoms with Crippen LogP contribution in [0.25, 0.3) is 17.3 Å². The first-order valence-corrected chi connectivity index (χ1v) is 12.6. The molecule has 0 unspecified atom stereocenters. The van der Waals surface area contributed by atoms with E-state index in [1.165, 1.54) is 4.90 Å². The summed E-state index contributed by atoms with van der Waals surface area (Å²) in [5.74, 6) is 0.481. The summed E-state index contributed by atoms with van der Waals surface area (Å²) in [7, 11) is 0. The van der Waals surface area contributed by atoms with Crippen LogP contribution in [-0.4, -0.2) is 33.3 Å². The second-order valence-corrected chi connectivity index (χ2v) is 9.84. The zero-order valence-electron chi connectivity index (χ0n) is 21.1. The van der Waals surface area contributed by atoms with E-state index in [0.717, 1.165) is 22.4 Å². The van der Waals surface area contributed by atoms with Gasteiger partial charge in [-0.25, -0.2) is 4.68 Å². The molecule has 0 fully saturated rings. The van der Waals surface area contributed by atoms with Crippen LogP contribution in [0.5, 0.6) is 11.5 Å². The number of halogens is 1. The van der Waals surface area contributed by atoms with Crippen molar-refractivity contribution in [2.45, 2.75) is 27.3 Å². The Morgan fingerprint density at radius 2 is 1.68 bits per heavy atom. The number of hydrogen-bond acceptors (Lipinski definition) is 5. The van der Waals surface area contributed by atoms with Crippen molar-refractivity contribution >= 4 is 35.1 Å². The standard InChI is InChI=1S/C30H24ClN3O4/c1-17-8-10-25(18(2)12-17)34-28(31)23(19(3)32-34)14-24-21-6-4-5-7-22(21)29(35)33(30(24)36)15-20-9-11-26-27(13-20)38-16-37-26/h4-14H,15-16H2,1-3H3. The summed E-state index contributed by atoms with van der Waals surface area (Å²) < 4.78 is 12.5. The predicted octanol–water partition coefficient (Wildman–Crippen LogP) is 5.90. The highest BCUT2D eigenvalue weighted by molar-refractivity contribution is 6.36. The van der Waals surface area contributed by atoms with Crippen molar-refractivity contribution in [2.24, 2.45) is 0 Å². The number of hydrogen-bond donors (Lipinski definition) is 0. The van der Waals surface area contributed by atoms with Gasteiger partial charge in [-0.1, -0.05) is 53.6 Å². The highest BCUT2D eigenvalue weighted by Gasteiger charge is 2.35. The van der Waals surface area contributed by atoms with Crippen LogP contribution in [0, 0.1) is 20.8 Å². The quantitative estimate of drug-likeness (QED) is 0.245. The first kappa shape index (κ1) is 24.0. The van der Waals surface area contributed by atoms with Crippen LogP contribution in [-0.2, 0) is 11.3 Å². The van der Waals surface area contributed by atoms with E-state index in [9.17, 15) is 9.59 Å². The maximum atomic E-state index is 13.8. The van der Waals surface area contributed by atoms with Gasteiger partial charge in [-0.3, -0.25) is 14.5 Å². The molecular formula is C30H24ClN3O4. The van der Waals surface area contributed by atoms with Gasteiger partial charge in [0.15, 0.2) is 11.5 Å². The first-order chi connectivity index (χ1) is 18.3. The van der Waals surface area contributed by atoms with Gasteiger partial charge < -0.3 is 9.47 Å². The Hall–Kier alpha value is -4.36. The summed E-state index contributed by atoms with van der Waals surface area (Å²) in [5, 5.41) is 5.07. The molecule has 8 heteroatoms. The molecule has 0 saturated carbocycles. The zero-order valence-corrected chi connectivity index (χ0v) is 21.9. The fraction of sp³-hybridized carbons (Fsp3) is 0.167. The Kier molecular flexibility index (Phi) is 5.80. The monoisotopic (exact) mass is 525 g/mol.